The summed E-state index contributed by atoms with van der Waals surface area (Å²) in [6.45, 7) is 11.9. The van der Waals surface area contributed by atoms with Crippen molar-refractivity contribution in [1.29, 1.82) is 0 Å². The van der Waals surface area contributed by atoms with E-state index in [-0.39, 0.29) is 30.9 Å². The minimum atomic E-state index is -0.696. The van der Waals surface area contributed by atoms with Crippen LogP contribution >= 0.6 is 0 Å². The predicted octanol–water partition coefficient (Wildman–Crippen LogP) is 2.39. The summed E-state index contributed by atoms with van der Waals surface area (Å²) in [6, 6.07) is 0. The molecule has 0 aromatic heterocycles. The number of amides is 3. The van der Waals surface area contributed by atoms with Crippen LogP contribution in [0.4, 0.5) is 0 Å². The molecule has 0 atom stereocenters. The Hall–Kier alpha value is -1.92. The fourth-order valence-electron chi connectivity index (χ4n) is 3.31. The summed E-state index contributed by atoms with van der Waals surface area (Å²) in [4.78, 5) is 45.0. The third kappa shape index (κ3) is 54.5. The number of carbonyl (C=O) groups is 4. The normalized spacial score (nSPS) is 9.63. The fraction of sp³-hybridized carbons (Fsp3) is 0.812. The Kier molecular flexibility index (Phi) is 50.0. The third-order valence-corrected chi connectivity index (χ3v) is 5.84. The Morgan fingerprint density at radius 1 is 0.696 bits per heavy atom. The van der Waals surface area contributed by atoms with Gasteiger partial charge in [0.05, 0.1) is 26.4 Å². The van der Waals surface area contributed by atoms with Crippen molar-refractivity contribution in [1.82, 2.24) is 21.3 Å². The Morgan fingerprint density at radius 3 is 1.76 bits per heavy atom. The van der Waals surface area contributed by atoms with Gasteiger partial charge < -0.3 is 47.3 Å². The number of ether oxygens (including phenoxy) is 2. The Balaban J connectivity index is -0.000000302. The minimum absolute atomic E-state index is 0.0186. The zero-order valence-electron chi connectivity index (χ0n) is 29.3. The maximum absolute atomic E-state index is 11.3. The first kappa shape index (κ1) is 50.9. The molecule has 0 aromatic rings. The van der Waals surface area contributed by atoms with E-state index in [1.165, 1.54) is 32.1 Å². The van der Waals surface area contributed by atoms with Crippen LogP contribution < -0.4 is 32.7 Å². The summed E-state index contributed by atoms with van der Waals surface area (Å²) in [5.74, 6) is -0.970. The molecular weight excluding hydrogens is 702 g/mol. The molecule has 9 N–H and O–H groups in total. The van der Waals surface area contributed by atoms with Crippen LogP contribution in [0.25, 0.3) is 0 Å². The van der Waals surface area contributed by atoms with Crippen LogP contribution in [0.15, 0.2) is 12.3 Å². The van der Waals surface area contributed by atoms with Crippen molar-refractivity contribution in [3.63, 3.8) is 0 Å². The standard InChI is InChI=1S/C15H30N2O3.C9H19N3O4.C7H15N.CH3.Sb/c16-12-9-10-14(18)17-13-8-6-4-2-1-3-5-7-11-15(19)20;1-11-9(14)7-16-5-4-15-3-2-12-8(13)6-10;1-4-5-6-8-7(2)3;;/h1-13,16H2,(H,17,18)(H,19,20);2-7,10H2,1H3,(H,11,14)(H,12,13);8H,2,4-6H2,1,3H3;1H3;. The van der Waals surface area contributed by atoms with E-state index in [0.717, 1.165) is 57.3 Å². The van der Waals surface area contributed by atoms with Crippen molar-refractivity contribution in [2.24, 2.45) is 11.5 Å². The number of hydrogen-bond donors (Lipinski definition) is 7. The van der Waals surface area contributed by atoms with Crippen LogP contribution in [0.5, 0.6) is 0 Å². The second kappa shape index (κ2) is 45.2. The van der Waals surface area contributed by atoms with Crippen molar-refractivity contribution in [3.05, 3.63) is 12.3 Å². The molecule has 46 heavy (non-hydrogen) atoms. The van der Waals surface area contributed by atoms with Crippen LogP contribution in [-0.4, -0.2) is 118 Å². The van der Waals surface area contributed by atoms with Gasteiger partial charge in [0.25, 0.3) is 0 Å². The van der Waals surface area contributed by atoms with Crippen molar-refractivity contribution in [2.45, 2.75) is 102 Å². The topological polar surface area (TPSA) is 207 Å². The molecule has 0 aromatic carbocycles. The second-order valence-corrected chi connectivity index (χ2v) is 10.2. The number of hydrogen-bond acceptors (Lipinski definition) is 9. The van der Waals surface area contributed by atoms with Crippen LogP contribution in [0, 0.1) is 0 Å². The van der Waals surface area contributed by atoms with Gasteiger partial charge in [-0.15, -0.1) is 0 Å². The Labute approximate surface area is 293 Å². The Bertz CT molecular complexity index is 696. The molecule has 0 rings (SSSR count). The molecule has 0 saturated heterocycles. The Morgan fingerprint density at radius 2 is 1.24 bits per heavy atom. The number of allylic oxidation sites excluding steroid dienone is 1. The van der Waals surface area contributed by atoms with Crippen molar-refractivity contribution >= 4 is 46.7 Å². The van der Waals surface area contributed by atoms with Crippen molar-refractivity contribution in [2.75, 3.05) is 66.2 Å². The van der Waals surface area contributed by atoms with E-state index in [1.807, 2.05) is 6.92 Å². The zero-order chi connectivity index (χ0) is 35.7. The van der Waals surface area contributed by atoms with Gasteiger partial charge in [0.1, 0.15) is 6.61 Å². The molecule has 2 radical (unpaired) electrons. The quantitative estimate of drug-likeness (QED) is 0.0480. The van der Waals surface area contributed by atoms with Gasteiger partial charge in [0.15, 0.2) is 0 Å². The monoisotopic (exact) mass is 768 g/mol. The second-order valence-electron chi connectivity index (χ2n) is 10.2. The van der Waals surface area contributed by atoms with Crippen LogP contribution in [0.3, 0.4) is 0 Å². The van der Waals surface area contributed by atoms with E-state index in [9.17, 15) is 19.2 Å². The summed E-state index contributed by atoms with van der Waals surface area (Å²) in [6.07, 6.45) is 12.8. The van der Waals surface area contributed by atoms with Gasteiger partial charge in [0, 0.05) is 45.2 Å². The number of aliphatic carboxylic acids is 1. The van der Waals surface area contributed by atoms with Gasteiger partial charge in [-0.05, 0) is 39.2 Å². The van der Waals surface area contributed by atoms with Crippen LogP contribution in [0.1, 0.15) is 97.3 Å². The molecular formula is C32H67N6O7Sb. The van der Waals surface area contributed by atoms with Gasteiger partial charge in [0.2, 0.25) is 17.7 Å². The molecule has 0 heterocycles. The number of nitrogens with two attached hydrogens (primary N) is 2. The van der Waals surface area contributed by atoms with E-state index >= 15 is 0 Å². The first-order chi connectivity index (χ1) is 22.1. The summed E-state index contributed by atoms with van der Waals surface area (Å²) in [7, 11) is 1.54. The van der Waals surface area contributed by atoms with Crippen molar-refractivity contribution < 1.29 is 33.8 Å². The van der Waals surface area contributed by atoms with Crippen LogP contribution in [-0.2, 0) is 28.7 Å². The number of rotatable bonds is 27. The SMILES string of the molecule is C=C(C)NCCCC.CNC(=O)COCCOCCNC(=O)CN.NCCCC(=O)NCCCCCCCCCCC(=O)O.[CH3][Sb]. The zero-order valence-corrected chi connectivity index (χ0v) is 31.8. The number of carbonyl (C=O) groups excluding carboxylic acids is 3. The summed E-state index contributed by atoms with van der Waals surface area (Å²) in [5, 5.41) is 19.5. The van der Waals surface area contributed by atoms with E-state index in [2.05, 4.69) is 39.6 Å². The van der Waals surface area contributed by atoms with E-state index in [4.69, 9.17) is 26.0 Å². The van der Waals surface area contributed by atoms with E-state index in [0.29, 0.717) is 45.8 Å². The molecule has 0 aliphatic carbocycles. The molecule has 0 unspecified atom stereocenters. The fourth-order valence-corrected chi connectivity index (χ4v) is 3.31. The summed E-state index contributed by atoms with van der Waals surface area (Å²) in [5.41, 5.74) is 11.5. The van der Waals surface area contributed by atoms with Gasteiger partial charge in [-0.25, -0.2) is 0 Å². The molecule has 14 heteroatoms. The molecule has 272 valence electrons. The molecule has 0 saturated carbocycles. The van der Waals surface area contributed by atoms with Gasteiger partial charge in [-0.1, -0.05) is 58.4 Å². The van der Waals surface area contributed by atoms with Crippen LogP contribution in [0.2, 0.25) is 4.87 Å². The predicted molar refractivity (Wildman–Crippen MR) is 188 cm³/mol. The average Bonchev–Trinajstić information content (AvgIpc) is 3.04. The van der Waals surface area contributed by atoms with Gasteiger partial charge >= 0.3 is 33.9 Å². The third-order valence-electron chi connectivity index (χ3n) is 5.84. The first-order valence-corrected chi connectivity index (χ1v) is 19.0. The number of nitrogens with one attached hydrogen (secondary N) is 4. The molecule has 3 amide bonds. The summed E-state index contributed by atoms with van der Waals surface area (Å²) >= 11 is 1.75. The number of unbranched alkanes of at least 4 members (excludes halogenated alkanes) is 8. The van der Waals surface area contributed by atoms with Gasteiger partial charge in [-0.2, -0.15) is 0 Å². The summed E-state index contributed by atoms with van der Waals surface area (Å²) < 4.78 is 10.1. The molecule has 0 fully saturated rings. The molecule has 0 aliphatic heterocycles. The van der Waals surface area contributed by atoms with E-state index < -0.39 is 5.97 Å². The number of carboxylic acids is 1. The molecule has 13 nitrogen and oxygen atoms in total. The molecule has 0 aliphatic rings. The van der Waals surface area contributed by atoms with Gasteiger partial charge in [-0.3, -0.25) is 19.2 Å². The number of carboxylic acid groups (broad SMARTS) is 1. The molecule has 0 bridgehead atoms. The number of likely N-dealkylation sites (N-methyl/N-ethyl adjacent to an activating group) is 1. The van der Waals surface area contributed by atoms with E-state index in [1.54, 1.807) is 30.1 Å². The molecule has 0 spiro atoms. The average molecular weight is 770 g/mol. The first-order valence-electron chi connectivity index (χ1n) is 16.5. The van der Waals surface area contributed by atoms with Crippen molar-refractivity contribution in [3.8, 4) is 0 Å². The maximum atomic E-state index is 11.3.